The molecule has 1 aromatic heterocycles. The van der Waals surface area contributed by atoms with Gasteiger partial charge in [0.2, 0.25) is 5.91 Å². The second kappa shape index (κ2) is 13.0. The number of fused-ring (bicyclic) bond motifs is 1. The number of H-pyrrole nitrogens is 1. The van der Waals surface area contributed by atoms with E-state index in [9.17, 15) is 35.9 Å². The zero-order valence-electron chi connectivity index (χ0n) is 24.3. The largest absolute Gasteiger partial charge is 0.416 e. The van der Waals surface area contributed by atoms with Crippen LogP contribution in [0.4, 0.5) is 36.8 Å². The topological polar surface area (TPSA) is 68.4 Å². The fraction of sp³-hybridized carbons (Fsp3) is 0.312. The second-order valence-corrected chi connectivity index (χ2v) is 10.9. The molecule has 3 amide bonds. The summed E-state index contributed by atoms with van der Waals surface area (Å²) in [5, 5.41) is 3.15. The maximum Gasteiger partial charge on any atom is 0.416 e. The first kappa shape index (κ1) is 32.4. The summed E-state index contributed by atoms with van der Waals surface area (Å²) in [6, 6.07) is 14.6. The number of hydrogen-bond donors (Lipinski definition) is 2. The van der Waals surface area contributed by atoms with E-state index >= 15 is 0 Å². The molecule has 0 saturated carbocycles. The molecular formula is C32H32F6N4O2. The molecule has 6 nitrogen and oxygen atoms in total. The average molecular weight is 619 g/mol. The first-order valence-corrected chi connectivity index (χ1v) is 13.9. The van der Waals surface area contributed by atoms with Gasteiger partial charge in [-0.2, -0.15) is 26.3 Å². The van der Waals surface area contributed by atoms with E-state index in [2.05, 4.69) is 10.3 Å². The molecule has 3 aromatic carbocycles. The fourth-order valence-corrected chi connectivity index (χ4v) is 4.76. The summed E-state index contributed by atoms with van der Waals surface area (Å²) in [5.74, 6) is -0.436. The van der Waals surface area contributed by atoms with Crippen LogP contribution < -0.4 is 5.32 Å². The van der Waals surface area contributed by atoms with Crippen molar-refractivity contribution in [1.29, 1.82) is 0 Å². The van der Waals surface area contributed by atoms with Crippen LogP contribution in [0.5, 0.6) is 0 Å². The fourth-order valence-electron chi connectivity index (χ4n) is 4.76. The Hall–Kier alpha value is -4.48. The third-order valence-corrected chi connectivity index (χ3v) is 7.20. The minimum atomic E-state index is -5.07. The second-order valence-electron chi connectivity index (χ2n) is 10.9. The van der Waals surface area contributed by atoms with Gasteiger partial charge in [-0.3, -0.25) is 4.79 Å². The third-order valence-electron chi connectivity index (χ3n) is 7.20. The predicted molar refractivity (Wildman–Crippen MR) is 156 cm³/mol. The van der Waals surface area contributed by atoms with Gasteiger partial charge >= 0.3 is 18.4 Å². The maximum absolute atomic E-state index is 13.7. The smallest absolute Gasteiger partial charge is 0.361 e. The number of rotatable bonds is 9. The van der Waals surface area contributed by atoms with Crippen molar-refractivity contribution in [2.75, 3.05) is 18.4 Å². The Labute approximate surface area is 250 Å². The summed E-state index contributed by atoms with van der Waals surface area (Å²) in [7, 11) is 0. The van der Waals surface area contributed by atoms with Gasteiger partial charge < -0.3 is 20.1 Å². The molecule has 0 aliphatic heterocycles. The van der Waals surface area contributed by atoms with E-state index in [0.717, 1.165) is 32.5 Å². The van der Waals surface area contributed by atoms with Gasteiger partial charge in [0.25, 0.3) is 0 Å². The number of aryl methyl sites for hydroxylation is 1. The number of halogens is 6. The highest BCUT2D eigenvalue weighted by Crippen LogP contribution is 2.37. The van der Waals surface area contributed by atoms with Crippen molar-refractivity contribution in [1.82, 2.24) is 14.8 Å². The summed E-state index contributed by atoms with van der Waals surface area (Å²) in [6.07, 6.45) is -7.78. The molecule has 0 saturated heterocycles. The van der Waals surface area contributed by atoms with Crippen molar-refractivity contribution < 1.29 is 35.9 Å². The van der Waals surface area contributed by atoms with Crippen molar-refractivity contribution in [3.05, 3.63) is 101 Å². The zero-order valence-corrected chi connectivity index (χ0v) is 24.3. The van der Waals surface area contributed by atoms with E-state index < -0.39 is 53.7 Å². The van der Waals surface area contributed by atoms with E-state index in [0.29, 0.717) is 25.1 Å². The first-order valence-electron chi connectivity index (χ1n) is 13.9. The summed E-state index contributed by atoms with van der Waals surface area (Å²) in [4.78, 5) is 32.7. The number of nitrogens with one attached hydrogen (secondary N) is 2. The number of anilines is 1. The number of amides is 3. The number of aromatic amines is 1. The Morgan fingerprint density at radius 1 is 0.886 bits per heavy atom. The monoisotopic (exact) mass is 618 g/mol. The van der Waals surface area contributed by atoms with Crippen LogP contribution >= 0.6 is 0 Å². The molecule has 0 bridgehead atoms. The van der Waals surface area contributed by atoms with E-state index in [1.807, 2.05) is 61.7 Å². The van der Waals surface area contributed by atoms with Crippen LogP contribution in [0.25, 0.3) is 10.9 Å². The van der Waals surface area contributed by atoms with Crippen molar-refractivity contribution in [3.63, 3.8) is 0 Å². The van der Waals surface area contributed by atoms with Gasteiger partial charge in [-0.1, -0.05) is 48.0 Å². The Morgan fingerprint density at radius 2 is 1.50 bits per heavy atom. The Kier molecular flexibility index (Phi) is 9.60. The molecular weight excluding hydrogens is 586 g/mol. The van der Waals surface area contributed by atoms with E-state index in [1.165, 1.54) is 0 Å². The Balaban J connectivity index is 1.56. The summed E-state index contributed by atoms with van der Waals surface area (Å²) < 4.78 is 80.0. The van der Waals surface area contributed by atoms with Gasteiger partial charge in [-0.15, -0.1) is 0 Å². The van der Waals surface area contributed by atoms with Crippen LogP contribution in [0.1, 0.15) is 41.7 Å². The quantitative estimate of drug-likeness (QED) is 0.187. The summed E-state index contributed by atoms with van der Waals surface area (Å²) in [6.45, 7) is 5.20. The van der Waals surface area contributed by atoms with Crippen LogP contribution in [0.2, 0.25) is 0 Å². The van der Waals surface area contributed by atoms with Gasteiger partial charge in [0, 0.05) is 41.9 Å². The molecule has 234 valence electrons. The number of carbonyl (C=O) groups excluding carboxylic acids is 2. The van der Waals surface area contributed by atoms with Crippen LogP contribution in [-0.2, 0) is 30.1 Å². The summed E-state index contributed by atoms with van der Waals surface area (Å²) in [5.41, 5.74) is 0.0258. The van der Waals surface area contributed by atoms with Crippen molar-refractivity contribution in [3.8, 4) is 0 Å². The van der Waals surface area contributed by atoms with Crippen molar-refractivity contribution in [2.45, 2.75) is 52.1 Å². The number of carbonyl (C=O) groups is 2. The molecule has 0 atom stereocenters. The van der Waals surface area contributed by atoms with E-state index in [4.69, 9.17) is 0 Å². The molecule has 0 aliphatic rings. The maximum atomic E-state index is 13.7. The van der Waals surface area contributed by atoms with Gasteiger partial charge in [0.1, 0.15) is 6.54 Å². The molecule has 0 spiro atoms. The van der Waals surface area contributed by atoms with Gasteiger partial charge in [-0.25, -0.2) is 4.79 Å². The van der Waals surface area contributed by atoms with E-state index in [-0.39, 0.29) is 12.6 Å². The molecule has 12 heteroatoms. The number of alkyl halides is 6. The average Bonchev–Trinajstić information content (AvgIpc) is 3.36. The lowest BCUT2D eigenvalue weighted by Gasteiger charge is -2.30. The van der Waals surface area contributed by atoms with Gasteiger partial charge in [0.15, 0.2) is 0 Å². The molecule has 4 aromatic rings. The van der Waals surface area contributed by atoms with Gasteiger partial charge in [0.05, 0.1) is 11.1 Å². The van der Waals surface area contributed by atoms with Crippen LogP contribution in [0, 0.1) is 6.92 Å². The Morgan fingerprint density at radius 3 is 2.09 bits per heavy atom. The highest BCUT2D eigenvalue weighted by atomic mass is 19.4. The molecule has 44 heavy (non-hydrogen) atoms. The normalized spacial score (nSPS) is 12.0. The minimum Gasteiger partial charge on any atom is -0.361 e. The molecule has 1 heterocycles. The molecule has 0 fully saturated rings. The Bertz CT molecular complexity index is 1580. The lowest BCUT2D eigenvalue weighted by molar-refractivity contribution is -0.143. The number of aromatic nitrogens is 1. The number of para-hydroxylation sites is 1. The molecule has 2 N–H and O–H groups in total. The molecule has 0 aliphatic carbocycles. The van der Waals surface area contributed by atoms with Crippen molar-refractivity contribution >= 4 is 28.5 Å². The zero-order chi connectivity index (χ0) is 32.2. The number of nitrogens with zero attached hydrogens (tertiary/aromatic N) is 2. The minimum absolute atomic E-state index is 0.0178. The number of benzene rings is 3. The summed E-state index contributed by atoms with van der Waals surface area (Å²) >= 11 is 0. The lowest BCUT2D eigenvalue weighted by atomic mass is 10.1. The molecule has 0 radical (unpaired) electrons. The number of hydrogen-bond acceptors (Lipinski definition) is 2. The van der Waals surface area contributed by atoms with Crippen LogP contribution in [0.3, 0.4) is 0 Å². The predicted octanol–water partition coefficient (Wildman–Crippen LogP) is 8.03. The van der Waals surface area contributed by atoms with Gasteiger partial charge in [-0.05, 0) is 62.6 Å². The van der Waals surface area contributed by atoms with Crippen molar-refractivity contribution in [2.24, 2.45) is 0 Å². The molecule has 0 unspecified atom stereocenters. The molecule has 4 rings (SSSR count). The highest BCUT2D eigenvalue weighted by Gasteiger charge is 2.37. The first-order chi connectivity index (χ1) is 20.6. The number of urea groups is 1. The highest BCUT2D eigenvalue weighted by molar-refractivity contribution is 5.93. The van der Waals surface area contributed by atoms with Crippen LogP contribution in [-0.4, -0.2) is 45.9 Å². The lowest BCUT2D eigenvalue weighted by Crippen LogP contribution is -2.47. The standard InChI is InChI=1S/C32H32F6N4O2/c1-20(2)42(30(44)40-26-15-24(31(33,34)35)14-25(16-26)32(36,37)38)19-29(43)41(18-22-10-8-21(3)9-11-22)13-12-23-17-39-28-7-5-4-6-27(23)28/h4-11,14-17,20,39H,12-13,18-19H2,1-3H3,(H,40,44). The van der Waals surface area contributed by atoms with E-state index in [1.54, 1.807) is 18.7 Å². The van der Waals surface area contributed by atoms with Crippen LogP contribution in [0.15, 0.2) is 72.9 Å². The SMILES string of the molecule is Cc1ccc(CN(CCc2c[nH]c3ccccc23)C(=O)CN(C(=O)Nc2cc(C(F)(F)F)cc(C(F)(F)F)c2)C(C)C)cc1. The third kappa shape index (κ3) is 8.12.